The lowest BCUT2D eigenvalue weighted by molar-refractivity contribution is -0.137. The van der Waals surface area contributed by atoms with Crippen molar-refractivity contribution < 1.29 is 28.7 Å². The van der Waals surface area contributed by atoms with Gasteiger partial charge in [-0.2, -0.15) is 0 Å². The maximum Gasteiger partial charge on any atom is 0.328 e. The Labute approximate surface area is 147 Å². The van der Waals surface area contributed by atoms with E-state index < -0.39 is 25.6 Å². The smallest absolute Gasteiger partial charge is 0.328 e. The van der Waals surface area contributed by atoms with E-state index >= 15 is 0 Å². The number of carboxylic acids is 1. The molecule has 7 nitrogen and oxygen atoms in total. The summed E-state index contributed by atoms with van der Waals surface area (Å²) in [4.78, 5) is 32.6. The van der Waals surface area contributed by atoms with Gasteiger partial charge in [0.2, 0.25) is 5.91 Å². The minimum absolute atomic E-state index is 0.0481. The van der Waals surface area contributed by atoms with Gasteiger partial charge in [0.15, 0.2) is 0 Å². The molecule has 0 heterocycles. The molecule has 0 fully saturated rings. The van der Waals surface area contributed by atoms with Crippen LogP contribution in [0.1, 0.15) is 32.3 Å². The molecule has 0 radical (unpaired) electrons. The van der Waals surface area contributed by atoms with Crippen molar-refractivity contribution in [3.8, 4) is 0 Å². The molecular weight excluding hydrogens is 345 g/mol. The third kappa shape index (κ3) is 8.82. The zero-order valence-electron chi connectivity index (χ0n) is 14.6. The number of hydrogen-bond donors (Lipinski definition) is 3. The van der Waals surface area contributed by atoms with Gasteiger partial charge in [-0.1, -0.05) is 44.2 Å². The van der Waals surface area contributed by atoms with Crippen molar-refractivity contribution in [3.05, 3.63) is 35.9 Å². The van der Waals surface area contributed by atoms with Gasteiger partial charge >= 0.3 is 13.6 Å². The van der Waals surface area contributed by atoms with Crippen LogP contribution in [-0.2, 0) is 25.1 Å². The summed E-state index contributed by atoms with van der Waals surface area (Å²) in [6.07, 6.45) is -0.256. The third-order valence-electron chi connectivity index (χ3n) is 3.53. The van der Waals surface area contributed by atoms with Crippen LogP contribution >= 0.6 is 7.60 Å². The Bertz CT molecular complexity index is 604. The number of aliphatic carboxylic acids is 1. The van der Waals surface area contributed by atoms with Gasteiger partial charge in [-0.25, -0.2) is 0 Å². The number of aryl methyl sites for hydroxylation is 1. The highest BCUT2D eigenvalue weighted by molar-refractivity contribution is 7.52. The number of carbonyl (C=O) groups is 2. The molecule has 0 bridgehead atoms. The molecule has 2 atom stereocenters. The second-order valence-corrected chi connectivity index (χ2v) is 8.09. The summed E-state index contributed by atoms with van der Waals surface area (Å²) in [5.41, 5.74) is 1.06. The minimum atomic E-state index is -3.92. The molecule has 2 unspecified atom stereocenters. The highest BCUT2D eigenvalue weighted by Crippen LogP contribution is 2.45. The Kier molecular flexibility index (Phi) is 8.83. The standard InChI is InChI=1S/C17H26NO6P/c1-13(2)16(17(21)18-11-10-15(19)20)24-25(22,23)12-6-9-14-7-4-3-5-8-14/h3-5,7-8,13,16H,6,9-12H2,1-2H3,(H,18,21)(H,19,20)(H,22,23). The van der Waals surface area contributed by atoms with Gasteiger partial charge in [-0.15, -0.1) is 0 Å². The number of carbonyl (C=O) groups excluding carboxylic acids is 1. The third-order valence-corrected chi connectivity index (χ3v) is 4.97. The SMILES string of the molecule is CC(C)C(OP(=O)(O)CCCc1ccccc1)C(=O)NCCC(=O)O. The predicted molar refractivity (Wildman–Crippen MR) is 94.4 cm³/mol. The van der Waals surface area contributed by atoms with E-state index in [0.717, 1.165) is 5.56 Å². The van der Waals surface area contributed by atoms with Gasteiger partial charge in [0.25, 0.3) is 0 Å². The van der Waals surface area contributed by atoms with E-state index in [1.54, 1.807) is 13.8 Å². The molecule has 1 amide bonds. The highest BCUT2D eigenvalue weighted by atomic mass is 31.2. The predicted octanol–water partition coefficient (Wildman–Crippen LogP) is 2.44. The summed E-state index contributed by atoms with van der Waals surface area (Å²) < 4.78 is 17.5. The zero-order chi connectivity index (χ0) is 18.9. The van der Waals surface area contributed by atoms with E-state index in [0.29, 0.717) is 12.8 Å². The second kappa shape index (κ2) is 10.3. The van der Waals surface area contributed by atoms with E-state index in [4.69, 9.17) is 9.63 Å². The van der Waals surface area contributed by atoms with Crippen LogP contribution in [0.2, 0.25) is 0 Å². The molecule has 3 N–H and O–H groups in total. The normalized spacial score (nSPS) is 14.7. The lowest BCUT2D eigenvalue weighted by Crippen LogP contribution is -2.40. The van der Waals surface area contributed by atoms with Crippen LogP contribution in [0.5, 0.6) is 0 Å². The molecule has 0 aromatic heterocycles. The number of carboxylic acid groups (broad SMARTS) is 1. The van der Waals surface area contributed by atoms with Gasteiger partial charge in [0.1, 0.15) is 6.10 Å². The largest absolute Gasteiger partial charge is 0.481 e. The molecule has 0 aliphatic carbocycles. The van der Waals surface area contributed by atoms with Crippen LogP contribution in [0.15, 0.2) is 30.3 Å². The average Bonchev–Trinajstić information content (AvgIpc) is 2.53. The van der Waals surface area contributed by atoms with Gasteiger partial charge in [-0.3, -0.25) is 18.7 Å². The lowest BCUT2D eigenvalue weighted by Gasteiger charge is -2.23. The summed E-state index contributed by atoms with van der Waals surface area (Å²) in [6.45, 7) is 3.35. The molecule has 140 valence electrons. The van der Waals surface area contributed by atoms with Crippen molar-refractivity contribution in [1.82, 2.24) is 5.32 Å². The van der Waals surface area contributed by atoms with Crippen molar-refractivity contribution in [2.45, 2.75) is 39.2 Å². The van der Waals surface area contributed by atoms with Crippen LogP contribution in [-0.4, -0.2) is 40.7 Å². The van der Waals surface area contributed by atoms with Crippen molar-refractivity contribution in [1.29, 1.82) is 0 Å². The van der Waals surface area contributed by atoms with Gasteiger partial charge in [0.05, 0.1) is 12.6 Å². The second-order valence-electron chi connectivity index (χ2n) is 6.16. The molecule has 0 saturated carbocycles. The number of hydrogen-bond acceptors (Lipinski definition) is 4. The van der Waals surface area contributed by atoms with E-state index in [1.807, 2.05) is 30.3 Å². The summed E-state index contributed by atoms with van der Waals surface area (Å²) >= 11 is 0. The fourth-order valence-electron chi connectivity index (χ4n) is 2.22. The van der Waals surface area contributed by atoms with Gasteiger partial charge in [-0.05, 0) is 24.3 Å². The molecule has 1 aromatic carbocycles. The fraction of sp³-hybridized carbons (Fsp3) is 0.529. The Morgan fingerprint density at radius 2 is 1.88 bits per heavy atom. The number of rotatable bonds is 11. The zero-order valence-corrected chi connectivity index (χ0v) is 15.4. The molecule has 8 heteroatoms. The monoisotopic (exact) mass is 371 g/mol. The van der Waals surface area contributed by atoms with E-state index in [2.05, 4.69) is 5.32 Å². The molecule has 1 aromatic rings. The van der Waals surface area contributed by atoms with E-state index in [-0.39, 0.29) is 25.0 Å². The summed E-state index contributed by atoms with van der Waals surface area (Å²) in [5.74, 6) is -1.93. The van der Waals surface area contributed by atoms with Crippen LogP contribution in [0.4, 0.5) is 0 Å². The first kappa shape index (κ1) is 21.4. The molecule has 0 aliphatic heterocycles. The lowest BCUT2D eigenvalue weighted by atomic mass is 10.1. The average molecular weight is 371 g/mol. The quantitative estimate of drug-likeness (QED) is 0.515. The van der Waals surface area contributed by atoms with E-state index in [9.17, 15) is 19.0 Å². The van der Waals surface area contributed by atoms with Crippen molar-refractivity contribution in [2.75, 3.05) is 12.7 Å². The first-order chi connectivity index (χ1) is 11.7. The Balaban J connectivity index is 2.52. The summed E-state index contributed by atoms with van der Waals surface area (Å²) in [7, 11) is -3.92. The van der Waals surface area contributed by atoms with Crippen LogP contribution in [0, 0.1) is 5.92 Å². The van der Waals surface area contributed by atoms with Crippen molar-refractivity contribution in [3.63, 3.8) is 0 Å². The number of nitrogens with one attached hydrogen (secondary N) is 1. The van der Waals surface area contributed by atoms with Crippen molar-refractivity contribution >= 4 is 19.5 Å². The number of benzene rings is 1. The molecule has 0 aliphatic rings. The highest BCUT2D eigenvalue weighted by Gasteiger charge is 2.31. The topological polar surface area (TPSA) is 113 Å². The summed E-state index contributed by atoms with van der Waals surface area (Å²) in [6, 6.07) is 9.59. The minimum Gasteiger partial charge on any atom is -0.481 e. The number of amides is 1. The van der Waals surface area contributed by atoms with Gasteiger partial charge in [0, 0.05) is 6.54 Å². The molecule has 25 heavy (non-hydrogen) atoms. The molecule has 0 saturated heterocycles. The Morgan fingerprint density at radius 1 is 1.24 bits per heavy atom. The maximum absolute atomic E-state index is 12.3. The Hall–Kier alpha value is -1.69. The van der Waals surface area contributed by atoms with E-state index in [1.165, 1.54) is 0 Å². The maximum atomic E-state index is 12.3. The molecule has 0 spiro atoms. The fourth-order valence-corrected chi connectivity index (χ4v) is 3.58. The summed E-state index contributed by atoms with van der Waals surface area (Å²) in [5, 5.41) is 11.0. The Morgan fingerprint density at radius 3 is 2.44 bits per heavy atom. The first-order valence-electron chi connectivity index (χ1n) is 8.25. The van der Waals surface area contributed by atoms with Gasteiger partial charge < -0.3 is 15.3 Å². The van der Waals surface area contributed by atoms with Crippen LogP contribution in [0.25, 0.3) is 0 Å². The van der Waals surface area contributed by atoms with Crippen molar-refractivity contribution in [2.24, 2.45) is 5.92 Å². The molecular formula is C17H26NO6P. The van der Waals surface area contributed by atoms with Crippen LogP contribution in [0.3, 0.4) is 0 Å². The molecule has 1 rings (SSSR count). The van der Waals surface area contributed by atoms with Crippen LogP contribution < -0.4 is 5.32 Å². The first-order valence-corrected chi connectivity index (χ1v) is 10.0.